The molecule has 0 heterocycles. The molecule has 0 unspecified atom stereocenters. The summed E-state index contributed by atoms with van der Waals surface area (Å²) in [7, 11) is 2.12. The molecule has 1 saturated carbocycles. The second-order valence-corrected chi connectivity index (χ2v) is 3.42. The Morgan fingerprint density at radius 3 is 2.75 bits per heavy atom. The van der Waals surface area contributed by atoms with Crippen molar-refractivity contribution >= 4 is 5.91 Å². The molecule has 1 amide bonds. The van der Waals surface area contributed by atoms with Crippen LogP contribution in [0.1, 0.15) is 26.2 Å². The monoisotopic (exact) mass is 170 g/mol. The summed E-state index contributed by atoms with van der Waals surface area (Å²) in [5, 5.41) is 2.87. The fraction of sp³-hybridized carbons (Fsp3) is 0.889. The molecular weight excluding hydrogens is 152 g/mol. The molecule has 1 rings (SSSR count). The van der Waals surface area contributed by atoms with Crippen molar-refractivity contribution in [3.05, 3.63) is 0 Å². The smallest absolute Gasteiger partial charge is 0.219 e. The first-order chi connectivity index (χ1) is 5.74. The Hall–Kier alpha value is -0.570. The molecule has 70 valence electrons. The number of hydrogen-bond donors (Lipinski definition) is 1. The zero-order valence-corrected chi connectivity index (χ0v) is 7.97. The second kappa shape index (κ2) is 4.45. The highest BCUT2D eigenvalue weighted by Crippen LogP contribution is 2.24. The summed E-state index contributed by atoms with van der Waals surface area (Å²) in [4.78, 5) is 13.2. The molecule has 0 radical (unpaired) electrons. The molecule has 1 fully saturated rings. The van der Waals surface area contributed by atoms with Crippen LogP contribution < -0.4 is 5.32 Å². The zero-order valence-electron chi connectivity index (χ0n) is 7.97. The van der Waals surface area contributed by atoms with Gasteiger partial charge in [-0.25, -0.2) is 0 Å². The highest BCUT2D eigenvalue weighted by Gasteiger charge is 2.25. The van der Waals surface area contributed by atoms with Crippen LogP contribution in [0.3, 0.4) is 0 Å². The summed E-state index contributed by atoms with van der Waals surface area (Å²) in [5.74, 6) is 0.152. The largest absolute Gasteiger partial charge is 0.355 e. The van der Waals surface area contributed by atoms with Gasteiger partial charge in [-0.3, -0.25) is 4.79 Å². The number of carbonyl (C=O) groups excluding carboxylic acids is 1. The van der Waals surface area contributed by atoms with Crippen LogP contribution in [0.25, 0.3) is 0 Å². The summed E-state index contributed by atoms with van der Waals surface area (Å²) in [6, 6.07) is 0.795. The maximum Gasteiger partial charge on any atom is 0.219 e. The first-order valence-electron chi connectivity index (χ1n) is 4.71. The Morgan fingerprint density at radius 2 is 2.25 bits per heavy atom. The van der Waals surface area contributed by atoms with Crippen molar-refractivity contribution in [3.63, 3.8) is 0 Å². The molecular formula is C9H18N2O. The topological polar surface area (TPSA) is 32.3 Å². The SMILES string of the molecule is CCC(=O)NCCN(C)C1CC1. The Morgan fingerprint density at radius 1 is 1.58 bits per heavy atom. The maximum atomic E-state index is 10.8. The highest BCUT2D eigenvalue weighted by molar-refractivity contribution is 5.75. The van der Waals surface area contributed by atoms with E-state index in [1.54, 1.807) is 0 Å². The highest BCUT2D eigenvalue weighted by atomic mass is 16.1. The van der Waals surface area contributed by atoms with Crippen molar-refractivity contribution in [1.82, 2.24) is 10.2 Å². The summed E-state index contributed by atoms with van der Waals surface area (Å²) >= 11 is 0. The van der Waals surface area contributed by atoms with Crippen molar-refractivity contribution in [2.24, 2.45) is 0 Å². The van der Waals surface area contributed by atoms with Crippen LogP contribution in [0.5, 0.6) is 0 Å². The molecule has 1 aliphatic carbocycles. The van der Waals surface area contributed by atoms with Crippen molar-refractivity contribution in [2.45, 2.75) is 32.2 Å². The summed E-state index contributed by atoms with van der Waals surface area (Å²) in [6.07, 6.45) is 3.25. The molecule has 3 heteroatoms. The fourth-order valence-electron chi connectivity index (χ4n) is 1.19. The molecule has 0 aromatic heterocycles. The van der Waals surface area contributed by atoms with E-state index in [1.807, 2.05) is 6.92 Å². The van der Waals surface area contributed by atoms with Gasteiger partial charge in [0.1, 0.15) is 0 Å². The van der Waals surface area contributed by atoms with E-state index < -0.39 is 0 Å². The lowest BCUT2D eigenvalue weighted by Gasteiger charge is -2.15. The van der Waals surface area contributed by atoms with Gasteiger partial charge in [-0.15, -0.1) is 0 Å². The van der Waals surface area contributed by atoms with E-state index in [4.69, 9.17) is 0 Å². The van der Waals surface area contributed by atoms with Crippen LogP contribution in [-0.2, 0) is 4.79 Å². The standard InChI is InChI=1S/C9H18N2O/c1-3-9(12)10-6-7-11(2)8-4-5-8/h8H,3-7H2,1-2H3,(H,10,12). The molecule has 1 N–H and O–H groups in total. The summed E-state index contributed by atoms with van der Waals surface area (Å²) in [6.45, 7) is 3.65. The second-order valence-electron chi connectivity index (χ2n) is 3.42. The number of carbonyl (C=O) groups is 1. The van der Waals surface area contributed by atoms with Crippen LogP contribution in [0.15, 0.2) is 0 Å². The van der Waals surface area contributed by atoms with Gasteiger partial charge in [0, 0.05) is 25.6 Å². The summed E-state index contributed by atoms with van der Waals surface area (Å²) < 4.78 is 0. The molecule has 3 nitrogen and oxygen atoms in total. The van der Waals surface area contributed by atoms with E-state index >= 15 is 0 Å². The van der Waals surface area contributed by atoms with E-state index in [1.165, 1.54) is 12.8 Å². The average molecular weight is 170 g/mol. The first-order valence-corrected chi connectivity index (χ1v) is 4.71. The molecule has 0 atom stereocenters. The number of likely N-dealkylation sites (N-methyl/N-ethyl adjacent to an activating group) is 1. The van der Waals surface area contributed by atoms with Gasteiger partial charge in [-0.1, -0.05) is 6.92 Å². The lowest BCUT2D eigenvalue weighted by molar-refractivity contribution is -0.120. The Labute approximate surface area is 74.1 Å². The predicted molar refractivity (Wildman–Crippen MR) is 49.0 cm³/mol. The number of amides is 1. The molecule has 1 aliphatic rings. The van der Waals surface area contributed by atoms with Gasteiger partial charge >= 0.3 is 0 Å². The Kier molecular flexibility index (Phi) is 3.53. The van der Waals surface area contributed by atoms with Crippen LogP contribution in [-0.4, -0.2) is 37.0 Å². The normalized spacial score (nSPS) is 16.6. The molecule has 0 aromatic rings. The van der Waals surface area contributed by atoms with Gasteiger partial charge in [-0.05, 0) is 19.9 Å². The van der Waals surface area contributed by atoms with Crippen molar-refractivity contribution in [1.29, 1.82) is 0 Å². The van der Waals surface area contributed by atoms with Gasteiger partial charge in [0.25, 0.3) is 0 Å². The van der Waals surface area contributed by atoms with E-state index in [9.17, 15) is 4.79 Å². The van der Waals surface area contributed by atoms with E-state index in [2.05, 4.69) is 17.3 Å². The van der Waals surface area contributed by atoms with Crippen LogP contribution in [0, 0.1) is 0 Å². The third-order valence-electron chi connectivity index (χ3n) is 2.28. The van der Waals surface area contributed by atoms with Crippen LogP contribution in [0.2, 0.25) is 0 Å². The van der Waals surface area contributed by atoms with E-state index in [0.29, 0.717) is 6.42 Å². The van der Waals surface area contributed by atoms with Gasteiger partial charge in [0.2, 0.25) is 5.91 Å². The number of nitrogens with zero attached hydrogens (tertiary/aromatic N) is 1. The van der Waals surface area contributed by atoms with Gasteiger partial charge in [0.15, 0.2) is 0 Å². The van der Waals surface area contributed by atoms with Gasteiger partial charge in [0.05, 0.1) is 0 Å². The quantitative estimate of drug-likeness (QED) is 0.655. The first kappa shape index (κ1) is 9.52. The Bertz CT molecular complexity index is 155. The molecule has 0 aromatic carbocycles. The third kappa shape index (κ3) is 3.22. The minimum Gasteiger partial charge on any atom is -0.355 e. The lowest BCUT2D eigenvalue weighted by Crippen LogP contribution is -2.33. The van der Waals surface area contributed by atoms with E-state index in [0.717, 1.165) is 19.1 Å². The molecule has 0 saturated heterocycles. The minimum absolute atomic E-state index is 0.152. The number of rotatable bonds is 5. The number of hydrogen-bond acceptors (Lipinski definition) is 2. The fourth-order valence-corrected chi connectivity index (χ4v) is 1.19. The molecule has 0 spiro atoms. The minimum atomic E-state index is 0.152. The van der Waals surface area contributed by atoms with Crippen LogP contribution in [0.4, 0.5) is 0 Å². The third-order valence-corrected chi connectivity index (χ3v) is 2.28. The molecule has 12 heavy (non-hydrogen) atoms. The Balaban J connectivity index is 1.97. The average Bonchev–Trinajstić information content (AvgIpc) is 2.86. The molecule has 0 bridgehead atoms. The van der Waals surface area contributed by atoms with Crippen molar-refractivity contribution < 1.29 is 4.79 Å². The van der Waals surface area contributed by atoms with Gasteiger partial charge < -0.3 is 10.2 Å². The van der Waals surface area contributed by atoms with Crippen molar-refractivity contribution in [3.8, 4) is 0 Å². The molecule has 0 aliphatic heterocycles. The zero-order chi connectivity index (χ0) is 8.97. The number of nitrogens with one attached hydrogen (secondary N) is 1. The maximum absolute atomic E-state index is 10.8. The summed E-state index contributed by atoms with van der Waals surface area (Å²) in [5.41, 5.74) is 0. The predicted octanol–water partition coefficient (Wildman–Crippen LogP) is 0.607. The van der Waals surface area contributed by atoms with Crippen LogP contribution >= 0.6 is 0 Å². The van der Waals surface area contributed by atoms with E-state index in [-0.39, 0.29) is 5.91 Å². The van der Waals surface area contributed by atoms with Crippen molar-refractivity contribution in [2.75, 3.05) is 20.1 Å². The van der Waals surface area contributed by atoms with Gasteiger partial charge in [-0.2, -0.15) is 0 Å². The lowest BCUT2D eigenvalue weighted by atomic mass is 10.4.